The molecule has 40 heavy (non-hydrogen) atoms. The van der Waals surface area contributed by atoms with Gasteiger partial charge < -0.3 is 19.6 Å². The molecular weight excluding hydrogens is 509 g/mol. The standard InChI is InChI=1S/C32H42FN3O4/c1-19(14-25-10-9-24(33)17-34-25)29-21(3)30(38)27(22(4)37)15-23-8-11-26(16-28(23)29)35-12-13-36(20(2)18-35)31(39)40-32(5,6)7/h8-11,16-17,19-20,27,29-30,38H,3,12-15,18H2,1-2,4-7H3/t19?,20-,27?,29+,30-/m0/s1. The molecule has 2 unspecified atom stereocenters. The molecule has 0 bridgehead atoms. The van der Waals surface area contributed by atoms with Crippen molar-refractivity contribution < 1.29 is 23.8 Å². The van der Waals surface area contributed by atoms with Crippen LogP contribution in [0.25, 0.3) is 0 Å². The molecule has 0 spiro atoms. The Bertz CT molecular complexity index is 1260. The number of carbonyl (C=O) groups excluding carboxylic acids is 2. The minimum Gasteiger partial charge on any atom is -0.444 e. The Labute approximate surface area is 237 Å². The molecule has 2 heterocycles. The topological polar surface area (TPSA) is 83.0 Å². The number of benzene rings is 1. The molecule has 2 aromatic rings. The van der Waals surface area contributed by atoms with E-state index in [1.54, 1.807) is 11.0 Å². The van der Waals surface area contributed by atoms with Crippen molar-refractivity contribution in [1.29, 1.82) is 0 Å². The highest BCUT2D eigenvalue weighted by Gasteiger charge is 2.38. The maximum Gasteiger partial charge on any atom is 0.410 e. The zero-order valence-corrected chi connectivity index (χ0v) is 24.5. The van der Waals surface area contributed by atoms with E-state index < -0.39 is 17.6 Å². The average Bonchev–Trinajstić information content (AvgIpc) is 2.98. The minimum atomic E-state index is -0.959. The lowest BCUT2D eigenvalue weighted by molar-refractivity contribution is -0.123. The number of Topliss-reactive ketones (excluding diaryl/α,β-unsaturated/α-hetero) is 1. The Morgan fingerprint density at radius 2 is 1.95 bits per heavy atom. The molecule has 1 saturated heterocycles. The van der Waals surface area contributed by atoms with Gasteiger partial charge in [0.25, 0.3) is 0 Å². The molecule has 216 valence electrons. The zero-order chi connectivity index (χ0) is 29.4. The lowest BCUT2D eigenvalue weighted by Crippen LogP contribution is -2.55. The fourth-order valence-corrected chi connectivity index (χ4v) is 6.04. The second-order valence-electron chi connectivity index (χ2n) is 12.4. The zero-order valence-electron chi connectivity index (χ0n) is 24.5. The number of hydrogen-bond acceptors (Lipinski definition) is 6. The Kier molecular flexibility index (Phi) is 8.69. The molecule has 1 aliphatic carbocycles. The number of piperazine rings is 1. The molecular formula is C32H42FN3O4. The number of carbonyl (C=O) groups is 2. The third-order valence-electron chi connectivity index (χ3n) is 8.10. The fourth-order valence-electron chi connectivity index (χ4n) is 6.04. The van der Waals surface area contributed by atoms with E-state index in [1.807, 2.05) is 27.7 Å². The summed E-state index contributed by atoms with van der Waals surface area (Å²) in [7, 11) is 0. The first-order valence-electron chi connectivity index (χ1n) is 14.1. The van der Waals surface area contributed by atoms with Crippen LogP contribution in [0.2, 0.25) is 0 Å². The highest BCUT2D eigenvalue weighted by Crippen LogP contribution is 2.43. The number of ketones is 1. The van der Waals surface area contributed by atoms with Crippen molar-refractivity contribution >= 4 is 17.6 Å². The van der Waals surface area contributed by atoms with E-state index in [-0.39, 0.29) is 35.6 Å². The normalized spacial score (nSPS) is 24.2. The summed E-state index contributed by atoms with van der Waals surface area (Å²) < 4.78 is 19.1. The molecule has 1 aliphatic heterocycles. The van der Waals surface area contributed by atoms with Crippen LogP contribution in [0.3, 0.4) is 0 Å². The Morgan fingerprint density at radius 1 is 1.23 bits per heavy atom. The number of ether oxygens (including phenoxy) is 1. The second-order valence-corrected chi connectivity index (χ2v) is 12.4. The lowest BCUT2D eigenvalue weighted by Gasteiger charge is -2.41. The molecule has 8 heteroatoms. The molecule has 1 amide bonds. The van der Waals surface area contributed by atoms with Crippen LogP contribution < -0.4 is 4.90 Å². The van der Waals surface area contributed by atoms with Crippen LogP contribution in [0, 0.1) is 17.7 Å². The maximum absolute atomic E-state index is 13.5. The largest absolute Gasteiger partial charge is 0.444 e. The van der Waals surface area contributed by atoms with Crippen molar-refractivity contribution in [3.05, 3.63) is 71.3 Å². The van der Waals surface area contributed by atoms with Crippen molar-refractivity contribution in [2.75, 3.05) is 24.5 Å². The molecule has 4 rings (SSSR count). The summed E-state index contributed by atoms with van der Waals surface area (Å²) in [5.41, 5.74) is 3.91. The van der Waals surface area contributed by atoms with E-state index in [2.05, 4.69) is 41.6 Å². The molecule has 2 aliphatic rings. The molecule has 1 aromatic heterocycles. The number of amides is 1. The van der Waals surface area contributed by atoms with E-state index in [4.69, 9.17) is 4.74 Å². The second kappa shape index (κ2) is 11.7. The van der Waals surface area contributed by atoms with Crippen molar-refractivity contribution in [1.82, 2.24) is 9.88 Å². The molecule has 5 atom stereocenters. The quantitative estimate of drug-likeness (QED) is 0.401. The van der Waals surface area contributed by atoms with Gasteiger partial charge in [-0.25, -0.2) is 9.18 Å². The van der Waals surface area contributed by atoms with Crippen LogP contribution in [0.5, 0.6) is 0 Å². The number of hydrogen-bond donors (Lipinski definition) is 1. The average molecular weight is 552 g/mol. The first-order chi connectivity index (χ1) is 18.7. The van der Waals surface area contributed by atoms with Gasteiger partial charge in [-0.2, -0.15) is 0 Å². The number of anilines is 1. The van der Waals surface area contributed by atoms with Crippen LogP contribution in [0.1, 0.15) is 64.3 Å². The van der Waals surface area contributed by atoms with E-state index in [1.165, 1.54) is 19.2 Å². The highest BCUT2D eigenvalue weighted by molar-refractivity contribution is 5.80. The molecule has 0 radical (unpaired) electrons. The number of rotatable bonds is 5. The Hall–Kier alpha value is -3.26. The highest BCUT2D eigenvalue weighted by atomic mass is 19.1. The van der Waals surface area contributed by atoms with Gasteiger partial charge in [0.15, 0.2) is 0 Å². The smallest absolute Gasteiger partial charge is 0.410 e. The van der Waals surface area contributed by atoms with E-state index in [0.29, 0.717) is 38.0 Å². The van der Waals surface area contributed by atoms with Crippen LogP contribution in [-0.2, 0) is 22.4 Å². The van der Waals surface area contributed by atoms with Crippen molar-refractivity contribution in [2.24, 2.45) is 11.8 Å². The lowest BCUT2D eigenvalue weighted by atomic mass is 9.77. The van der Waals surface area contributed by atoms with Gasteiger partial charge in [-0.15, -0.1) is 0 Å². The van der Waals surface area contributed by atoms with Crippen LogP contribution in [0.4, 0.5) is 14.9 Å². The SMILES string of the molecule is C=C1[C@@H](C(C)Cc2ccc(F)cn2)c2cc(N3CCN(C(=O)OC(C)(C)C)[C@@H](C)C3)ccc2CC(C(C)=O)[C@H]1O. The summed E-state index contributed by atoms with van der Waals surface area (Å²) in [5, 5.41) is 11.3. The summed E-state index contributed by atoms with van der Waals surface area (Å²) in [6, 6.07) is 9.33. The van der Waals surface area contributed by atoms with Crippen LogP contribution >= 0.6 is 0 Å². The van der Waals surface area contributed by atoms with E-state index >= 15 is 0 Å². The van der Waals surface area contributed by atoms with Gasteiger partial charge >= 0.3 is 6.09 Å². The summed E-state index contributed by atoms with van der Waals surface area (Å²) in [6.45, 7) is 17.4. The van der Waals surface area contributed by atoms with E-state index in [9.17, 15) is 19.1 Å². The number of aliphatic hydroxyl groups is 1. The number of pyridine rings is 1. The van der Waals surface area contributed by atoms with Crippen molar-refractivity contribution in [3.63, 3.8) is 0 Å². The molecule has 1 aromatic carbocycles. The number of fused-ring (bicyclic) bond motifs is 1. The van der Waals surface area contributed by atoms with Gasteiger partial charge in [-0.05, 0) is 94.3 Å². The van der Waals surface area contributed by atoms with Crippen LogP contribution in [0.15, 0.2) is 48.7 Å². The molecule has 1 fully saturated rings. The Balaban J connectivity index is 1.64. The van der Waals surface area contributed by atoms with Crippen molar-refractivity contribution in [3.8, 4) is 0 Å². The summed E-state index contributed by atoms with van der Waals surface area (Å²) in [4.78, 5) is 33.6. The monoisotopic (exact) mass is 551 g/mol. The van der Waals surface area contributed by atoms with E-state index in [0.717, 1.165) is 22.5 Å². The fraction of sp³-hybridized carbons (Fsp3) is 0.531. The number of aliphatic hydroxyl groups excluding tert-OH is 1. The first-order valence-corrected chi connectivity index (χ1v) is 14.1. The summed E-state index contributed by atoms with van der Waals surface area (Å²) in [6.07, 6.45) is 0.960. The summed E-state index contributed by atoms with van der Waals surface area (Å²) >= 11 is 0. The van der Waals surface area contributed by atoms with Gasteiger partial charge in [0, 0.05) is 43.0 Å². The number of halogens is 1. The van der Waals surface area contributed by atoms with Crippen LogP contribution in [-0.4, -0.2) is 64.2 Å². The van der Waals surface area contributed by atoms with Gasteiger partial charge in [-0.3, -0.25) is 9.78 Å². The number of aromatic nitrogens is 1. The predicted molar refractivity (Wildman–Crippen MR) is 154 cm³/mol. The van der Waals surface area contributed by atoms with Gasteiger partial charge in [0.2, 0.25) is 0 Å². The van der Waals surface area contributed by atoms with Gasteiger partial charge in [-0.1, -0.05) is 19.6 Å². The third-order valence-corrected chi connectivity index (χ3v) is 8.10. The molecule has 7 nitrogen and oxygen atoms in total. The van der Waals surface area contributed by atoms with Gasteiger partial charge in [0.05, 0.1) is 18.2 Å². The maximum atomic E-state index is 13.5. The Morgan fingerprint density at radius 3 is 2.55 bits per heavy atom. The van der Waals surface area contributed by atoms with Crippen molar-refractivity contribution in [2.45, 2.75) is 78.0 Å². The molecule has 0 saturated carbocycles. The molecule has 1 N–H and O–H groups in total. The third kappa shape index (κ3) is 6.54. The first kappa shape index (κ1) is 29.7. The predicted octanol–water partition coefficient (Wildman–Crippen LogP) is 5.31. The summed E-state index contributed by atoms with van der Waals surface area (Å²) in [5.74, 6) is -1.24. The minimum absolute atomic E-state index is 0.0113. The number of nitrogens with zero attached hydrogens (tertiary/aromatic N) is 3. The van der Waals surface area contributed by atoms with Gasteiger partial charge in [0.1, 0.15) is 17.2 Å².